The first-order chi connectivity index (χ1) is 8.70. The second kappa shape index (κ2) is 6.21. The molecule has 1 heterocycles. The number of nitrogens with one attached hydrogen (secondary N) is 1. The van der Waals surface area contributed by atoms with E-state index in [1.54, 1.807) is 6.07 Å². The Bertz CT molecular complexity index is 375. The molecule has 18 heavy (non-hydrogen) atoms. The third kappa shape index (κ3) is 3.24. The summed E-state index contributed by atoms with van der Waals surface area (Å²) in [5.74, 6) is 0.356. The first kappa shape index (κ1) is 13.4. The molecule has 1 aliphatic rings. The Kier molecular flexibility index (Phi) is 4.61. The molecular weight excluding hydrogens is 224 g/mol. The Morgan fingerprint density at radius 3 is 2.94 bits per heavy atom. The van der Waals surface area contributed by atoms with Gasteiger partial charge in [0.05, 0.1) is 0 Å². The molecule has 2 N–H and O–H groups in total. The Balaban J connectivity index is 2.02. The smallest absolute Gasteiger partial charge is 0.115 e. The molecule has 1 saturated heterocycles. The predicted octanol–water partition coefficient (Wildman–Crippen LogP) is 2.53. The highest BCUT2D eigenvalue weighted by Gasteiger charge is 2.21. The minimum absolute atomic E-state index is 0.351. The van der Waals surface area contributed by atoms with Crippen molar-refractivity contribution in [2.45, 2.75) is 38.8 Å². The van der Waals surface area contributed by atoms with Gasteiger partial charge in [0.1, 0.15) is 5.75 Å². The molecule has 0 bridgehead atoms. The minimum atomic E-state index is 0.351. The van der Waals surface area contributed by atoms with Crippen molar-refractivity contribution >= 4 is 0 Å². The molecule has 0 spiro atoms. The lowest BCUT2D eigenvalue weighted by Crippen LogP contribution is -2.38. The van der Waals surface area contributed by atoms with E-state index in [4.69, 9.17) is 0 Å². The maximum Gasteiger partial charge on any atom is 0.115 e. The van der Waals surface area contributed by atoms with E-state index in [1.165, 1.54) is 18.4 Å². The van der Waals surface area contributed by atoms with Gasteiger partial charge in [0.25, 0.3) is 0 Å². The number of likely N-dealkylation sites (N-methyl/N-ethyl adjacent to an activating group) is 1. The summed E-state index contributed by atoms with van der Waals surface area (Å²) >= 11 is 0. The Hall–Kier alpha value is -1.06. The Labute approximate surface area is 110 Å². The monoisotopic (exact) mass is 248 g/mol. The van der Waals surface area contributed by atoms with Gasteiger partial charge in [-0.3, -0.25) is 4.90 Å². The molecule has 2 rings (SSSR count). The normalized spacial score (nSPS) is 21.4. The van der Waals surface area contributed by atoms with E-state index < -0.39 is 0 Å². The van der Waals surface area contributed by atoms with E-state index in [1.807, 2.05) is 12.1 Å². The van der Waals surface area contributed by atoms with Gasteiger partial charge in [0.15, 0.2) is 0 Å². The lowest BCUT2D eigenvalue weighted by molar-refractivity contribution is 0.202. The summed E-state index contributed by atoms with van der Waals surface area (Å²) in [6.45, 7) is 7.70. The molecule has 2 atom stereocenters. The van der Waals surface area contributed by atoms with E-state index in [9.17, 15) is 5.11 Å². The Morgan fingerprint density at radius 2 is 2.33 bits per heavy atom. The molecule has 0 aliphatic carbocycles. The van der Waals surface area contributed by atoms with Gasteiger partial charge >= 0.3 is 0 Å². The summed E-state index contributed by atoms with van der Waals surface area (Å²) in [5, 5.41) is 13.1. The van der Waals surface area contributed by atoms with Crippen LogP contribution in [-0.4, -0.2) is 35.7 Å². The van der Waals surface area contributed by atoms with Crippen LogP contribution in [0.4, 0.5) is 0 Å². The molecule has 3 nitrogen and oxygen atoms in total. The van der Waals surface area contributed by atoms with Crippen LogP contribution in [0.2, 0.25) is 0 Å². The summed E-state index contributed by atoms with van der Waals surface area (Å²) < 4.78 is 0. The second-order valence-corrected chi connectivity index (χ2v) is 5.15. The van der Waals surface area contributed by atoms with E-state index in [-0.39, 0.29) is 0 Å². The molecule has 0 aromatic heterocycles. The lowest BCUT2D eigenvalue weighted by atomic mass is 10.1. The van der Waals surface area contributed by atoms with Crippen LogP contribution in [0.5, 0.6) is 5.75 Å². The van der Waals surface area contributed by atoms with E-state index in [2.05, 4.69) is 30.1 Å². The van der Waals surface area contributed by atoms with Crippen LogP contribution in [0.3, 0.4) is 0 Å². The fraction of sp³-hybridized carbons (Fsp3) is 0.600. The summed E-state index contributed by atoms with van der Waals surface area (Å²) in [6, 6.07) is 8.59. The highest BCUT2D eigenvalue weighted by atomic mass is 16.3. The summed E-state index contributed by atoms with van der Waals surface area (Å²) in [6.07, 6.45) is 2.58. The van der Waals surface area contributed by atoms with Crippen molar-refractivity contribution in [3.05, 3.63) is 29.8 Å². The molecule has 3 heteroatoms. The van der Waals surface area contributed by atoms with Gasteiger partial charge in [-0.1, -0.05) is 19.1 Å². The molecule has 1 aliphatic heterocycles. The number of benzene rings is 1. The number of rotatable bonds is 5. The molecular formula is C15H24N2O. The predicted molar refractivity (Wildman–Crippen MR) is 74.8 cm³/mol. The summed E-state index contributed by atoms with van der Waals surface area (Å²) in [4.78, 5) is 2.47. The SMILES string of the molecule is CCN(CC1CCCN1)C(C)c1cccc(O)c1. The molecule has 0 saturated carbocycles. The van der Waals surface area contributed by atoms with Gasteiger partial charge in [-0.2, -0.15) is 0 Å². The van der Waals surface area contributed by atoms with Crippen molar-refractivity contribution in [3.63, 3.8) is 0 Å². The molecule has 1 fully saturated rings. The number of phenolic OH excluding ortho intramolecular Hbond substituents is 1. The third-order valence-electron chi connectivity index (χ3n) is 3.92. The van der Waals surface area contributed by atoms with Gasteiger partial charge in [-0.05, 0) is 50.6 Å². The van der Waals surface area contributed by atoms with Gasteiger partial charge < -0.3 is 10.4 Å². The first-order valence-electron chi connectivity index (χ1n) is 6.97. The second-order valence-electron chi connectivity index (χ2n) is 5.15. The van der Waals surface area contributed by atoms with Crippen molar-refractivity contribution in [2.24, 2.45) is 0 Å². The fourth-order valence-electron chi connectivity index (χ4n) is 2.75. The van der Waals surface area contributed by atoms with E-state index in [0.717, 1.165) is 19.6 Å². The van der Waals surface area contributed by atoms with E-state index in [0.29, 0.717) is 17.8 Å². The number of hydrogen-bond acceptors (Lipinski definition) is 3. The van der Waals surface area contributed by atoms with Gasteiger partial charge in [0, 0.05) is 18.6 Å². The largest absolute Gasteiger partial charge is 0.508 e. The fourth-order valence-corrected chi connectivity index (χ4v) is 2.75. The molecule has 0 radical (unpaired) electrons. The van der Waals surface area contributed by atoms with Crippen LogP contribution >= 0.6 is 0 Å². The zero-order chi connectivity index (χ0) is 13.0. The molecule has 1 aromatic carbocycles. The van der Waals surface area contributed by atoms with Gasteiger partial charge in [0.2, 0.25) is 0 Å². The zero-order valence-corrected chi connectivity index (χ0v) is 11.4. The van der Waals surface area contributed by atoms with Crippen molar-refractivity contribution in [1.29, 1.82) is 0 Å². The molecule has 100 valence electrons. The number of phenols is 1. The highest BCUT2D eigenvalue weighted by molar-refractivity contribution is 5.29. The van der Waals surface area contributed by atoms with Crippen LogP contribution in [0, 0.1) is 0 Å². The van der Waals surface area contributed by atoms with Crippen LogP contribution in [-0.2, 0) is 0 Å². The minimum Gasteiger partial charge on any atom is -0.508 e. The number of aromatic hydroxyl groups is 1. The number of nitrogens with zero attached hydrogens (tertiary/aromatic N) is 1. The maximum absolute atomic E-state index is 9.57. The average Bonchev–Trinajstić information content (AvgIpc) is 2.88. The number of hydrogen-bond donors (Lipinski definition) is 2. The van der Waals surface area contributed by atoms with Crippen LogP contribution in [0.15, 0.2) is 24.3 Å². The van der Waals surface area contributed by atoms with Crippen LogP contribution < -0.4 is 5.32 Å². The van der Waals surface area contributed by atoms with Crippen molar-refractivity contribution in [1.82, 2.24) is 10.2 Å². The standard InChI is InChI=1S/C15H24N2O/c1-3-17(11-14-7-5-9-16-14)12(2)13-6-4-8-15(18)10-13/h4,6,8,10,12,14,16,18H,3,5,7,9,11H2,1-2H3. The lowest BCUT2D eigenvalue weighted by Gasteiger charge is -2.30. The van der Waals surface area contributed by atoms with E-state index >= 15 is 0 Å². The summed E-state index contributed by atoms with van der Waals surface area (Å²) in [5.41, 5.74) is 1.19. The van der Waals surface area contributed by atoms with Crippen molar-refractivity contribution in [2.75, 3.05) is 19.6 Å². The van der Waals surface area contributed by atoms with Gasteiger partial charge in [-0.15, -0.1) is 0 Å². The van der Waals surface area contributed by atoms with Crippen molar-refractivity contribution < 1.29 is 5.11 Å². The van der Waals surface area contributed by atoms with Crippen molar-refractivity contribution in [3.8, 4) is 5.75 Å². The third-order valence-corrected chi connectivity index (χ3v) is 3.92. The van der Waals surface area contributed by atoms with Crippen LogP contribution in [0.1, 0.15) is 38.3 Å². The molecule has 2 unspecified atom stereocenters. The highest BCUT2D eigenvalue weighted by Crippen LogP contribution is 2.24. The average molecular weight is 248 g/mol. The first-order valence-corrected chi connectivity index (χ1v) is 6.97. The quantitative estimate of drug-likeness (QED) is 0.840. The molecule has 1 aromatic rings. The van der Waals surface area contributed by atoms with Gasteiger partial charge in [-0.25, -0.2) is 0 Å². The topological polar surface area (TPSA) is 35.5 Å². The zero-order valence-electron chi connectivity index (χ0n) is 11.4. The van der Waals surface area contributed by atoms with Crippen LogP contribution in [0.25, 0.3) is 0 Å². The maximum atomic E-state index is 9.57. The summed E-state index contributed by atoms with van der Waals surface area (Å²) in [7, 11) is 0. The molecule has 0 amide bonds. The Morgan fingerprint density at radius 1 is 1.50 bits per heavy atom.